The molecule has 1 fully saturated rings. The fourth-order valence-corrected chi connectivity index (χ4v) is 2.62. The van der Waals surface area contributed by atoms with Gasteiger partial charge < -0.3 is 5.11 Å². The van der Waals surface area contributed by atoms with Gasteiger partial charge in [0, 0.05) is 0 Å². The van der Waals surface area contributed by atoms with Gasteiger partial charge in [0.05, 0.1) is 11.6 Å². The quantitative estimate of drug-likeness (QED) is 0.912. The van der Waals surface area contributed by atoms with E-state index in [1.165, 1.54) is 24.8 Å². The van der Waals surface area contributed by atoms with Crippen molar-refractivity contribution in [2.24, 2.45) is 0 Å². The molecule has 0 bridgehead atoms. The zero-order chi connectivity index (χ0) is 13.9. The first-order chi connectivity index (χ1) is 9.78. The van der Waals surface area contributed by atoms with Crippen molar-refractivity contribution in [1.29, 1.82) is 5.26 Å². The smallest absolute Gasteiger partial charge is 0.104 e. The Morgan fingerprint density at radius 1 is 0.950 bits per heavy atom. The molecule has 0 spiro atoms. The minimum absolute atomic E-state index is 0.612. The lowest BCUT2D eigenvalue weighted by Crippen LogP contribution is -2.09. The minimum atomic E-state index is -0.627. The van der Waals surface area contributed by atoms with Crippen LogP contribution in [0.4, 0.5) is 0 Å². The predicted octanol–water partition coefficient (Wildman–Crippen LogP) is 3.91. The van der Waals surface area contributed by atoms with E-state index in [4.69, 9.17) is 5.26 Å². The summed E-state index contributed by atoms with van der Waals surface area (Å²) in [6.07, 6.45) is 3.29. The lowest BCUT2D eigenvalue weighted by Gasteiger charge is -2.26. The molecule has 100 valence electrons. The highest BCUT2D eigenvalue weighted by Gasteiger charge is 2.19. The Morgan fingerprint density at radius 2 is 1.50 bits per heavy atom. The highest BCUT2D eigenvalue weighted by Crippen LogP contribution is 2.36. The third-order valence-corrected chi connectivity index (χ3v) is 4.18. The molecular weight excluding hydrogens is 246 g/mol. The van der Waals surface area contributed by atoms with Crippen LogP contribution in [-0.2, 0) is 0 Å². The van der Waals surface area contributed by atoms with Crippen LogP contribution in [0, 0.1) is 11.3 Å². The molecule has 1 N–H and O–H groups in total. The Kier molecular flexibility index (Phi) is 3.54. The zero-order valence-corrected chi connectivity index (χ0v) is 11.3. The Hall–Kier alpha value is -2.11. The van der Waals surface area contributed by atoms with Crippen molar-refractivity contribution in [3.8, 4) is 6.07 Å². The van der Waals surface area contributed by atoms with E-state index in [-0.39, 0.29) is 0 Å². The maximum absolute atomic E-state index is 10.4. The van der Waals surface area contributed by atoms with Crippen molar-refractivity contribution in [3.63, 3.8) is 0 Å². The average Bonchev–Trinajstić information content (AvgIpc) is 2.46. The summed E-state index contributed by atoms with van der Waals surface area (Å²) >= 11 is 0. The van der Waals surface area contributed by atoms with Gasteiger partial charge in [-0.2, -0.15) is 5.26 Å². The Balaban J connectivity index is 1.78. The third kappa shape index (κ3) is 2.45. The van der Waals surface area contributed by atoms with Gasteiger partial charge in [-0.3, -0.25) is 0 Å². The predicted molar refractivity (Wildman–Crippen MR) is 78.3 cm³/mol. The molecule has 2 heteroatoms. The van der Waals surface area contributed by atoms with Crippen LogP contribution in [0.25, 0.3) is 0 Å². The molecule has 0 radical (unpaired) electrons. The number of aliphatic hydroxyl groups is 1. The number of nitriles is 1. The normalized spacial score (nSPS) is 16.2. The SMILES string of the molecule is N#Cc1ccc(C(O)c2ccc(C3CCC3)cc2)cc1. The van der Waals surface area contributed by atoms with Crippen molar-refractivity contribution >= 4 is 0 Å². The highest BCUT2D eigenvalue weighted by molar-refractivity contribution is 5.37. The van der Waals surface area contributed by atoms with E-state index < -0.39 is 6.10 Å². The van der Waals surface area contributed by atoms with Crippen molar-refractivity contribution in [2.75, 3.05) is 0 Å². The number of hydrogen-bond donors (Lipinski definition) is 1. The summed E-state index contributed by atoms with van der Waals surface area (Å²) in [5.41, 5.74) is 3.71. The third-order valence-electron chi connectivity index (χ3n) is 4.18. The van der Waals surface area contributed by atoms with Crippen molar-refractivity contribution < 1.29 is 5.11 Å². The first kappa shape index (κ1) is 12.9. The molecule has 1 atom stereocenters. The molecule has 0 aliphatic heterocycles. The van der Waals surface area contributed by atoms with Gasteiger partial charge in [-0.05, 0) is 47.6 Å². The molecule has 2 aromatic carbocycles. The van der Waals surface area contributed by atoms with E-state index in [1.807, 2.05) is 24.3 Å². The van der Waals surface area contributed by atoms with Gasteiger partial charge in [0.1, 0.15) is 6.10 Å². The molecule has 0 heterocycles. The summed E-state index contributed by atoms with van der Waals surface area (Å²) in [7, 11) is 0. The molecule has 1 aliphatic rings. The average molecular weight is 263 g/mol. The second-order valence-electron chi connectivity index (χ2n) is 5.43. The van der Waals surface area contributed by atoms with Gasteiger partial charge in [-0.15, -0.1) is 0 Å². The van der Waals surface area contributed by atoms with Crippen LogP contribution in [0.3, 0.4) is 0 Å². The van der Waals surface area contributed by atoms with E-state index in [2.05, 4.69) is 18.2 Å². The largest absolute Gasteiger partial charge is 0.384 e. The molecule has 20 heavy (non-hydrogen) atoms. The van der Waals surface area contributed by atoms with Crippen LogP contribution in [0.5, 0.6) is 0 Å². The molecule has 0 saturated heterocycles. The maximum atomic E-state index is 10.4. The van der Waals surface area contributed by atoms with Crippen molar-refractivity contribution in [3.05, 3.63) is 70.8 Å². The summed E-state index contributed by atoms with van der Waals surface area (Å²) < 4.78 is 0. The molecular formula is C18H17NO. The Labute approximate surface area is 119 Å². The molecule has 3 rings (SSSR count). The van der Waals surface area contributed by atoms with Crippen molar-refractivity contribution in [1.82, 2.24) is 0 Å². The Bertz CT molecular complexity index is 618. The summed E-state index contributed by atoms with van der Waals surface area (Å²) in [5.74, 6) is 0.719. The second-order valence-corrected chi connectivity index (χ2v) is 5.43. The molecule has 1 saturated carbocycles. The van der Waals surface area contributed by atoms with E-state index in [0.717, 1.165) is 17.0 Å². The molecule has 0 amide bonds. The number of benzene rings is 2. The van der Waals surface area contributed by atoms with E-state index in [1.54, 1.807) is 12.1 Å². The number of hydrogen-bond acceptors (Lipinski definition) is 2. The molecule has 2 nitrogen and oxygen atoms in total. The van der Waals surface area contributed by atoms with Gasteiger partial charge in [-0.1, -0.05) is 42.8 Å². The maximum Gasteiger partial charge on any atom is 0.104 e. The van der Waals surface area contributed by atoms with Gasteiger partial charge in [-0.25, -0.2) is 0 Å². The van der Waals surface area contributed by atoms with Crippen LogP contribution in [0.2, 0.25) is 0 Å². The second kappa shape index (κ2) is 5.48. The molecule has 2 aromatic rings. The lowest BCUT2D eigenvalue weighted by molar-refractivity contribution is 0.220. The topological polar surface area (TPSA) is 44.0 Å². The van der Waals surface area contributed by atoms with E-state index in [0.29, 0.717) is 5.56 Å². The fourth-order valence-electron chi connectivity index (χ4n) is 2.62. The monoisotopic (exact) mass is 263 g/mol. The van der Waals surface area contributed by atoms with E-state index in [9.17, 15) is 5.11 Å². The molecule has 1 unspecified atom stereocenters. The minimum Gasteiger partial charge on any atom is -0.384 e. The van der Waals surface area contributed by atoms with Gasteiger partial charge in [0.15, 0.2) is 0 Å². The number of rotatable bonds is 3. The first-order valence-electron chi connectivity index (χ1n) is 7.06. The van der Waals surface area contributed by atoms with Crippen LogP contribution in [-0.4, -0.2) is 5.11 Å². The Morgan fingerprint density at radius 3 is 1.95 bits per heavy atom. The molecule has 0 aromatic heterocycles. The summed E-state index contributed by atoms with van der Waals surface area (Å²) in [6.45, 7) is 0. The number of nitrogens with zero attached hydrogens (tertiary/aromatic N) is 1. The first-order valence-corrected chi connectivity index (χ1v) is 7.06. The number of aliphatic hydroxyl groups excluding tert-OH is 1. The van der Waals surface area contributed by atoms with Crippen LogP contribution < -0.4 is 0 Å². The molecule has 1 aliphatic carbocycles. The zero-order valence-electron chi connectivity index (χ0n) is 11.3. The highest BCUT2D eigenvalue weighted by atomic mass is 16.3. The summed E-state index contributed by atoms with van der Waals surface area (Å²) in [4.78, 5) is 0. The van der Waals surface area contributed by atoms with Gasteiger partial charge in [0.25, 0.3) is 0 Å². The van der Waals surface area contributed by atoms with Crippen LogP contribution in [0.15, 0.2) is 48.5 Å². The fraction of sp³-hybridized carbons (Fsp3) is 0.278. The van der Waals surface area contributed by atoms with Crippen LogP contribution >= 0.6 is 0 Å². The standard InChI is InChI=1S/C18H17NO/c19-12-13-4-6-16(7-5-13)18(20)17-10-8-15(9-11-17)14-2-1-3-14/h4-11,14,18,20H,1-3H2. The van der Waals surface area contributed by atoms with Gasteiger partial charge >= 0.3 is 0 Å². The lowest BCUT2D eigenvalue weighted by atomic mass is 9.80. The summed E-state index contributed by atoms with van der Waals surface area (Å²) in [5, 5.41) is 19.2. The van der Waals surface area contributed by atoms with E-state index >= 15 is 0 Å². The van der Waals surface area contributed by atoms with Gasteiger partial charge in [0.2, 0.25) is 0 Å². The van der Waals surface area contributed by atoms with Crippen molar-refractivity contribution in [2.45, 2.75) is 31.3 Å². The van der Waals surface area contributed by atoms with Crippen LogP contribution in [0.1, 0.15) is 53.5 Å². The summed E-state index contributed by atoms with van der Waals surface area (Å²) in [6, 6.07) is 17.5.